The van der Waals surface area contributed by atoms with E-state index in [-0.39, 0.29) is 47.7 Å². The molecule has 48 heavy (non-hydrogen) atoms. The maximum atomic E-state index is 13.3. The molecule has 0 bridgehead atoms. The zero-order valence-corrected chi connectivity index (χ0v) is 30.9. The molecule has 4 aliphatic rings. The fraction of sp³-hybridized carbons (Fsp3) is 0.750. The smallest absolute Gasteiger partial charge is 0.265 e. The molecule has 4 fully saturated rings. The minimum Gasteiger partial charge on any atom is -0.505 e. The van der Waals surface area contributed by atoms with Crippen molar-refractivity contribution in [3.05, 3.63) is 29.4 Å². The van der Waals surface area contributed by atoms with Gasteiger partial charge in [0, 0.05) is 72.1 Å². The number of piperidine rings is 1. The van der Waals surface area contributed by atoms with Crippen LogP contribution in [-0.4, -0.2) is 109 Å². The van der Waals surface area contributed by atoms with E-state index in [1.54, 1.807) is 30.6 Å². The van der Waals surface area contributed by atoms with Crippen LogP contribution in [0.3, 0.4) is 0 Å². The summed E-state index contributed by atoms with van der Waals surface area (Å²) >= 11 is 1.31. The van der Waals surface area contributed by atoms with Crippen LogP contribution in [-0.2, 0) is 23.9 Å². The van der Waals surface area contributed by atoms with Crippen molar-refractivity contribution in [1.82, 2.24) is 25.0 Å². The van der Waals surface area contributed by atoms with Crippen LogP contribution in [0, 0.1) is 28.6 Å². The van der Waals surface area contributed by atoms with Crippen LogP contribution in [0.25, 0.3) is 0 Å². The molecule has 5 rings (SSSR count). The summed E-state index contributed by atoms with van der Waals surface area (Å²) in [6, 6.07) is 0. The Kier molecular flexibility index (Phi) is 15.4. The Labute approximate surface area is 293 Å². The lowest BCUT2D eigenvalue weighted by Crippen LogP contribution is -2.64. The Bertz CT molecular complexity index is 1200. The molecule has 1 spiro atoms. The van der Waals surface area contributed by atoms with Gasteiger partial charge in [-0.3, -0.25) is 24.2 Å². The average molecular weight is 692 g/mol. The van der Waals surface area contributed by atoms with Gasteiger partial charge in [-0.2, -0.15) is 0 Å². The number of hydrogen-bond acceptors (Lipinski definition) is 8. The van der Waals surface area contributed by atoms with E-state index in [2.05, 4.69) is 49.3 Å². The van der Waals surface area contributed by atoms with Gasteiger partial charge in [0.05, 0.1) is 37.6 Å². The number of thiazole rings is 1. The molecule has 3 atom stereocenters. The molecule has 3 saturated heterocycles. The van der Waals surface area contributed by atoms with Gasteiger partial charge < -0.3 is 29.5 Å². The topological polar surface area (TPSA) is 121 Å². The van der Waals surface area contributed by atoms with Crippen LogP contribution in [0.15, 0.2) is 24.5 Å². The molecular formula is C36H61N5O6S. The Morgan fingerprint density at radius 2 is 1.75 bits per heavy atom. The van der Waals surface area contributed by atoms with E-state index in [9.17, 15) is 19.2 Å². The van der Waals surface area contributed by atoms with Crippen LogP contribution >= 0.6 is 11.3 Å². The lowest BCUT2D eigenvalue weighted by atomic mass is 9.71. The second-order valence-corrected chi connectivity index (χ2v) is 15.2. The summed E-state index contributed by atoms with van der Waals surface area (Å²) in [4.78, 5) is 60.1. The number of rotatable bonds is 12. The molecule has 1 N–H and O–H groups in total. The van der Waals surface area contributed by atoms with Gasteiger partial charge in [0.2, 0.25) is 17.7 Å². The predicted molar refractivity (Wildman–Crippen MR) is 190 cm³/mol. The Hall–Kier alpha value is -2.99. The summed E-state index contributed by atoms with van der Waals surface area (Å²) in [5, 5.41) is 3.04. The molecule has 1 aromatic rings. The van der Waals surface area contributed by atoms with E-state index in [0.717, 1.165) is 45.4 Å². The van der Waals surface area contributed by atoms with Gasteiger partial charge in [0.15, 0.2) is 0 Å². The second kappa shape index (κ2) is 18.7. The fourth-order valence-electron chi connectivity index (χ4n) is 6.90. The van der Waals surface area contributed by atoms with Crippen molar-refractivity contribution in [2.24, 2.45) is 28.6 Å². The van der Waals surface area contributed by atoms with Gasteiger partial charge in [0.25, 0.3) is 5.91 Å². The Morgan fingerprint density at radius 3 is 2.25 bits per heavy atom. The fourth-order valence-corrected chi connectivity index (χ4v) is 7.49. The lowest BCUT2D eigenvalue weighted by Gasteiger charge is -2.50. The quantitative estimate of drug-likeness (QED) is 0.240. The van der Waals surface area contributed by atoms with E-state index in [1.165, 1.54) is 36.9 Å². The van der Waals surface area contributed by atoms with Crippen molar-refractivity contribution in [2.75, 3.05) is 66.1 Å². The molecule has 1 aliphatic carbocycles. The standard InChI is InChI=1S/C26H40N4O4S.C7H13NO.C3H6O.H2/c1-5-7-18(6-2)13-34-9-8-28-22(31)20-12-29(24(33)21-11-27-17-35-21)14-26(20)15-30(16-26)23(32)19-10-25(19,3)4;1-7(9)8-5-3-2-4-6-8;1-3-4-2;/h11,17-20H,5-10,12-16H2,1-4H3,(H,28,31);2-6H2,1H3;3H,1H2,2H3;1H/t18?,19-,20?;;;/m1.../s1. The number of aromatic nitrogens is 1. The molecule has 2 unspecified atom stereocenters. The third-order valence-electron chi connectivity index (χ3n) is 10.2. The molecule has 1 aromatic heterocycles. The molecule has 0 aromatic carbocycles. The summed E-state index contributed by atoms with van der Waals surface area (Å²) in [6.07, 6.45) is 11.0. The number of likely N-dealkylation sites (tertiary alicyclic amines) is 3. The van der Waals surface area contributed by atoms with Gasteiger partial charge >= 0.3 is 0 Å². The number of nitrogens with zero attached hydrogens (tertiary/aromatic N) is 4. The number of carbonyl (C=O) groups is 4. The molecule has 272 valence electrons. The molecule has 4 heterocycles. The molecule has 11 nitrogen and oxygen atoms in total. The number of carbonyl (C=O) groups excluding carboxylic acids is 4. The first kappa shape index (κ1) is 39.4. The summed E-state index contributed by atoms with van der Waals surface area (Å²) in [5.41, 5.74) is 1.34. The zero-order chi connectivity index (χ0) is 35.3. The monoisotopic (exact) mass is 691 g/mol. The van der Waals surface area contributed by atoms with Crippen molar-refractivity contribution in [1.29, 1.82) is 0 Å². The highest BCUT2D eigenvalue weighted by molar-refractivity contribution is 7.11. The number of nitrogens with one attached hydrogen (secondary N) is 1. The lowest BCUT2D eigenvalue weighted by molar-refractivity contribution is -0.151. The van der Waals surface area contributed by atoms with E-state index in [1.807, 2.05) is 9.80 Å². The maximum Gasteiger partial charge on any atom is 0.265 e. The SMILES string of the molecule is C=COC.CC(=O)N1CCCCC1.CCCC(CC)COCCNC(=O)C1CN(C(=O)c2cncs2)CC12CN(C(=O)[C@H]1CC1(C)C)C2.[HH]. The first-order chi connectivity index (χ1) is 22.9. The van der Waals surface area contributed by atoms with E-state index >= 15 is 0 Å². The minimum absolute atomic E-state index is 0. The molecule has 0 radical (unpaired) electrons. The molecule has 4 amide bonds. The first-order valence-corrected chi connectivity index (χ1v) is 18.5. The van der Waals surface area contributed by atoms with Crippen molar-refractivity contribution in [3.63, 3.8) is 0 Å². The van der Waals surface area contributed by atoms with Gasteiger partial charge in [-0.05, 0) is 43.4 Å². The largest absolute Gasteiger partial charge is 0.505 e. The summed E-state index contributed by atoms with van der Waals surface area (Å²) in [5.74, 6) is 0.606. The third kappa shape index (κ3) is 10.8. The van der Waals surface area contributed by atoms with Gasteiger partial charge in [-0.15, -0.1) is 11.3 Å². The van der Waals surface area contributed by atoms with Crippen LogP contribution in [0.4, 0.5) is 0 Å². The molecule has 12 heteroatoms. The zero-order valence-electron chi connectivity index (χ0n) is 30.1. The van der Waals surface area contributed by atoms with Crippen molar-refractivity contribution in [2.45, 2.75) is 79.6 Å². The number of amides is 4. The highest BCUT2D eigenvalue weighted by Crippen LogP contribution is 2.54. The maximum absolute atomic E-state index is 13.3. The van der Waals surface area contributed by atoms with Crippen molar-refractivity contribution >= 4 is 35.0 Å². The predicted octanol–water partition coefficient (Wildman–Crippen LogP) is 5.09. The molecule has 1 saturated carbocycles. The summed E-state index contributed by atoms with van der Waals surface area (Å²) < 4.78 is 10.1. The van der Waals surface area contributed by atoms with Crippen LogP contribution in [0.5, 0.6) is 0 Å². The van der Waals surface area contributed by atoms with Crippen LogP contribution < -0.4 is 5.32 Å². The molecule has 3 aliphatic heterocycles. The molecular weight excluding hydrogens is 630 g/mol. The first-order valence-electron chi connectivity index (χ1n) is 17.6. The summed E-state index contributed by atoms with van der Waals surface area (Å²) in [7, 11) is 1.56. The number of methoxy groups -OCH3 is 1. The normalized spacial score (nSPS) is 22.2. The van der Waals surface area contributed by atoms with E-state index < -0.39 is 0 Å². The number of ether oxygens (including phenoxy) is 2. The van der Waals surface area contributed by atoms with E-state index in [0.29, 0.717) is 50.1 Å². The van der Waals surface area contributed by atoms with E-state index in [4.69, 9.17) is 4.74 Å². The highest BCUT2D eigenvalue weighted by atomic mass is 32.1. The van der Waals surface area contributed by atoms with Gasteiger partial charge in [-0.25, -0.2) is 0 Å². The Balaban J connectivity index is 0.000000501. The average Bonchev–Trinajstić information content (AvgIpc) is 3.43. The van der Waals surface area contributed by atoms with Crippen molar-refractivity contribution in [3.8, 4) is 0 Å². The second-order valence-electron chi connectivity index (χ2n) is 14.3. The highest BCUT2D eigenvalue weighted by Gasteiger charge is 2.61. The number of hydrogen-bond donors (Lipinski definition) is 1. The van der Waals surface area contributed by atoms with Gasteiger partial charge in [0.1, 0.15) is 4.88 Å². The Morgan fingerprint density at radius 1 is 1.10 bits per heavy atom. The summed E-state index contributed by atoms with van der Waals surface area (Å²) in [6.45, 7) is 19.1. The minimum atomic E-state index is -0.381. The van der Waals surface area contributed by atoms with Crippen LogP contribution in [0.2, 0.25) is 0 Å². The van der Waals surface area contributed by atoms with Gasteiger partial charge in [-0.1, -0.05) is 47.1 Å². The third-order valence-corrected chi connectivity index (χ3v) is 10.9. The van der Waals surface area contributed by atoms with Crippen molar-refractivity contribution < 1.29 is 30.1 Å². The van der Waals surface area contributed by atoms with Crippen LogP contribution in [0.1, 0.15) is 90.7 Å².